The van der Waals surface area contributed by atoms with Gasteiger partial charge in [0.2, 0.25) is 5.91 Å². The number of aromatic nitrogens is 1. The highest BCUT2D eigenvalue weighted by atomic mass is 32.1. The van der Waals surface area contributed by atoms with Crippen LogP contribution in [0.5, 0.6) is 0 Å². The zero-order chi connectivity index (χ0) is 15.7. The van der Waals surface area contributed by atoms with Crippen molar-refractivity contribution in [1.29, 1.82) is 0 Å². The molecule has 0 N–H and O–H groups in total. The van der Waals surface area contributed by atoms with Gasteiger partial charge in [0.05, 0.1) is 12.1 Å². The van der Waals surface area contributed by atoms with Crippen LogP contribution in [-0.2, 0) is 17.9 Å². The molecule has 1 aromatic carbocycles. The Balaban J connectivity index is 1.80. The molecule has 0 aliphatic carbocycles. The first-order chi connectivity index (χ1) is 10.6. The lowest BCUT2D eigenvalue weighted by Crippen LogP contribution is -2.32. The summed E-state index contributed by atoms with van der Waals surface area (Å²) < 4.78 is 6.51. The van der Waals surface area contributed by atoms with E-state index in [9.17, 15) is 9.59 Å². The average Bonchev–Trinajstić information content (AvgIpc) is 3.03. The molecule has 114 valence electrons. The van der Waals surface area contributed by atoms with Gasteiger partial charge < -0.3 is 9.32 Å². The third-order valence-corrected chi connectivity index (χ3v) is 4.65. The highest BCUT2D eigenvalue weighted by Gasteiger charge is 2.16. The van der Waals surface area contributed by atoms with Gasteiger partial charge in [0, 0.05) is 11.9 Å². The summed E-state index contributed by atoms with van der Waals surface area (Å²) in [7, 11) is 1.74. The van der Waals surface area contributed by atoms with E-state index in [-0.39, 0.29) is 12.5 Å². The van der Waals surface area contributed by atoms with E-state index in [0.717, 1.165) is 4.88 Å². The van der Waals surface area contributed by atoms with Gasteiger partial charge in [-0.25, -0.2) is 4.79 Å². The first-order valence-corrected chi connectivity index (χ1v) is 7.79. The van der Waals surface area contributed by atoms with Gasteiger partial charge in [-0.2, -0.15) is 0 Å². The van der Waals surface area contributed by atoms with Crippen LogP contribution in [0, 0.1) is 6.92 Å². The third-order valence-electron chi connectivity index (χ3n) is 3.64. The lowest BCUT2D eigenvalue weighted by atomic mass is 10.3. The molecule has 0 unspecified atom stereocenters. The van der Waals surface area contributed by atoms with Crippen molar-refractivity contribution in [2.24, 2.45) is 0 Å². The fraction of sp³-hybridized carbons (Fsp3) is 0.250. The van der Waals surface area contributed by atoms with E-state index >= 15 is 0 Å². The SMILES string of the molecule is Cc1ccsc1CN(C)C(=O)Cn1c(=O)oc2ccccc21. The summed E-state index contributed by atoms with van der Waals surface area (Å²) >= 11 is 1.63. The summed E-state index contributed by atoms with van der Waals surface area (Å²) in [6.07, 6.45) is 0. The van der Waals surface area contributed by atoms with Gasteiger partial charge in [-0.05, 0) is 36.1 Å². The number of hydrogen-bond acceptors (Lipinski definition) is 4. The molecule has 0 spiro atoms. The number of carbonyl (C=O) groups is 1. The quantitative estimate of drug-likeness (QED) is 0.743. The Bertz CT molecular complexity index is 875. The number of thiophene rings is 1. The minimum absolute atomic E-state index is 0.0171. The minimum Gasteiger partial charge on any atom is -0.408 e. The summed E-state index contributed by atoms with van der Waals surface area (Å²) in [5, 5.41) is 2.01. The van der Waals surface area contributed by atoms with Crippen molar-refractivity contribution >= 4 is 28.3 Å². The van der Waals surface area contributed by atoms with Crippen molar-refractivity contribution in [3.8, 4) is 0 Å². The van der Waals surface area contributed by atoms with E-state index in [1.807, 2.05) is 24.4 Å². The van der Waals surface area contributed by atoms with Gasteiger partial charge in [-0.1, -0.05) is 12.1 Å². The normalized spacial score (nSPS) is 11.0. The molecular weight excluding hydrogens is 300 g/mol. The van der Waals surface area contributed by atoms with Gasteiger partial charge in [0.15, 0.2) is 5.58 Å². The number of rotatable bonds is 4. The fourth-order valence-corrected chi connectivity index (χ4v) is 3.25. The molecule has 0 fully saturated rings. The number of carbonyl (C=O) groups excluding carboxylic acids is 1. The highest BCUT2D eigenvalue weighted by Crippen LogP contribution is 2.18. The van der Waals surface area contributed by atoms with Crippen LogP contribution in [-0.4, -0.2) is 22.4 Å². The van der Waals surface area contributed by atoms with Crippen molar-refractivity contribution in [2.45, 2.75) is 20.0 Å². The molecule has 22 heavy (non-hydrogen) atoms. The number of aryl methyl sites for hydroxylation is 1. The summed E-state index contributed by atoms with van der Waals surface area (Å²) in [5.74, 6) is -0.628. The molecule has 0 radical (unpaired) electrons. The molecule has 3 aromatic rings. The standard InChI is InChI=1S/C16H16N2O3S/c1-11-7-8-22-14(11)9-17(2)15(19)10-18-12-5-3-4-6-13(12)21-16(18)20/h3-8H,9-10H2,1-2H3. The highest BCUT2D eigenvalue weighted by molar-refractivity contribution is 7.10. The van der Waals surface area contributed by atoms with Crippen molar-refractivity contribution in [2.75, 3.05) is 7.05 Å². The number of oxazole rings is 1. The number of amides is 1. The molecule has 0 aliphatic rings. The Morgan fingerprint density at radius 3 is 2.82 bits per heavy atom. The molecule has 0 bridgehead atoms. The zero-order valence-corrected chi connectivity index (χ0v) is 13.2. The largest absolute Gasteiger partial charge is 0.420 e. The number of nitrogens with zero attached hydrogens (tertiary/aromatic N) is 2. The second-order valence-corrected chi connectivity index (χ2v) is 6.20. The molecule has 0 atom stereocenters. The minimum atomic E-state index is -0.504. The maximum Gasteiger partial charge on any atom is 0.420 e. The maximum atomic E-state index is 12.4. The number of para-hydroxylation sites is 2. The number of hydrogen-bond donors (Lipinski definition) is 0. The van der Waals surface area contributed by atoms with E-state index in [1.54, 1.807) is 41.5 Å². The van der Waals surface area contributed by atoms with Crippen LogP contribution in [0.15, 0.2) is 44.9 Å². The molecule has 2 aromatic heterocycles. The molecule has 0 saturated carbocycles. The van der Waals surface area contributed by atoms with Gasteiger partial charge in [0.1, 0.15) is 6.54 Å². The lowest BCUT2D eigenvalue weighted by Gasteiger charge is -2.17. The summed E-state index contributed by atoms with van der Waals surface area (Å²) in [6.45, 7) is 2.56. The maximum absolute atomic E-state index is 12.4. The molecule has 6 heteroatoms. The second kappa shape index (κ2) is 5.81. The van der Waals surface area contributed by atoms with Crippen LogP contribution in [0.4, 0.5) is 0 Å². The number of benzene rings is 1. The van der Waals surface area contributed by atoms with Crippen LogP contribution in [0.2, 0.25) is 0 Å². The average molecular weight is 316 g/mol. The zero-order valence-electron chi connectivity index (χ0n) is 12.4. The Labute approximate surface area is 131 Å². The Morgan fingerprint density at radius 2 is 2.09 bits per heavy atom. The molecule has 1 amide bonds. The summed E-state index contributed by atoms with van der Waals surface area (Å²) in [6, 6.07) is 9.14. The van der Waals surface area contributed by atoms with Crippen molar-refractivity contribution in [1.82, 2.24) is 9.47 Å². The topological polar surface area (TPSA) is 55.5 Å². The van der Waals surface area contributed by atoms with E-state index in [4.69, 9.17) is 4.42 Å². The van der Waals surface area contributed by atoms with Crippen molar-refractivity contribution < 1.29 is 9.21 Å². The van der Waals surface area contributed by atoms with E-state index < -0.39 is 5.76 Å². The van der Waals surface area contributed by atoms with Gasteiger partial charge in [-0.15, -0.1) is 11.3 Å². The molecule has 0 saturated heterocycles. The van der Waals surface area contributed by atoms with Crippen molar-refractivity contribution in [3.05, 3.63) is 56.7 Å². The summed E-state index contributed by atoms with van der Waals surface area (Å²) in [4.78, 5) is 27.1. The molecular formula is C16H16N2O3S. The van der Waals surface area contributed by atoms with Gasteiger partial charge in [-0.3, -0.25) is 9.36 Å². The monoisotopic (exact) mass is 316 g/mol. The second-order valence-electron chi connectivity index (χ2n) is 5.20. The van der Waals surface area contributed by atoms with Crippen molar-refractivity contribution in [3.63, 3.8) is 0 Å². The predicted molar refractivity (Wildman–Crippen MR) is 86.0 cm³/mol. The van der Waals surface area contributed by atoms with E-state index in [0.29, 0.717) is 17.6 Å². The van der Waals surface area contributed by atoms with E-state index in [1.165, 1.54) is 10.1 Å². The predicted octanol–water partition coefficient (Wildman–Crippen LogP) is 2.62. The Morgan fingerprint density at radius 1 is 1.32 bits per heavy atom. The van der Waals surface area contributed by atoms with Crippen LogP contribution in [0.3, 0.4) is 0 Å². The van der Waals surface area contributed by atoms with E-state index in [2.05, 4.69) is 0 Å². The molecule has 3 rings (SSSR count). The molecule has 2 heterocycles. The smallest absolute Gasteiger partial charge is 0.408 e. The van der Waals surface area contributed by atoms with Crippen LogP contribution in [0.25, 0.3) is 11.1 Å². The fourth-order valence-electron chi connectivity index (χ4n) is 2.29. The Hall–Kier alpha value is -2.34. The first-order valence-electron chi connectivity index (χ1n) is 6.91. The number of likely N-dealkylation sites (N-methyl/N-ethyl adjacent to an activating group) is 1. The van der Waals surface area contributed by atoms with Crippen LogP contribution in [0.1, 0.15) is 10.4 Å². The first kappa shape index (κ1) is 14.6. The lowest BCUT2D eigenvalue weighted by molar-refractivity contribution is -0.131. The third kappa shape index (κ3) is 2.69. The summed E-state index contributed by atoms with van der Waals surface area (Å²) in [5.41, 5.74) is 2.31. The molecule has 5 nitrogen and oxygen atoms in total. The van der Waals surface area contributed by atoms with Crippen LogP contribution < -0.4 is 5.76 Å². The van der Waals surface area contributed by atoms with Gasteiger partial charge in [0.25, 0.3) is 0 Å². The number of fused-ring (bicyclic) bond motifs is 1. The Kier molecular flexibility index (Phi) is 3.85. The van der Waals surface area contributed by atoms with Crippen LogP contribution >= 0.6 is 11.3 Å². The van der Waals surface area contributed by atoms with Gasteiger partial charge >= 0.3 is 5.76 Å². The molecule has 0 aliphatic heterocycles.